The van der Waals surface area contributed by atoms with Crippen LogP contribution in [0.4, 0.5) is 0 Å². The van der Waals surface area contributed by atoms with Gasteiger partial charge in [0.2, 0.25) is 0 Å². The van der Waals surface area contributed by atoms with Crippen LogP contribution in [0.15, 0.2) is 57.7 Å². The average Bonchev–Trinajstić information content (AvgIpc) is 2.71. The molecule has 0 fully saturated rings. The highest BCUT2D eigenvalue weighted by molar-refractivity contribution is 5.79. The molecule has 0 spiro atoms. The summed E-state index contributed by atoms with van der Waals surface area (Å²) < 4.78 is 15.8. The summed E-state index contributed by atoms with van der Waals surface area (Å²) in [6.07, 6.45) is 1.04. The number of nitriles is 1. The Hall–Kier alpha value is -3.59. The molecule has 0 aliphatic rings. The van der Waals surface area contributed by atoms with Crippen LogP contribution in [0.5, 0.6) is 11.5 Å². The summed E-state index contributed by atoms with van der Waals surface area (Å²) in [5.41, 5.74) is 0.683. The molecule has 1 atom stereocenters. The highest BCUT2D eigenvalue weighted by Crippen LogP contribution is 2.22. The van der Waals surface area contributed by atoms with Crippen LogP contribution in [0.25, 0.3) is 11.0 Å². The summed E-state index contributed by atoms with van der Waals surface area (Å²) in [4.78, 5) is 23.6. The zero-order chi connectivity index (χ0) is 20.1. The standard InChI is InChI=1S/C22H19NO5/c1-3-14(2)15-4-7-18(8-5-15)27-21(24)13-26-19-9-6-16-10-17(12-23)22(25)28-20(16)11-19/h4-11,14H,3,13H2,1-2H3. The van der Waals surface area contributed by atoms with E-state index >= 15 is 0 Å². The predicted molar refractivity (Wildman–Crippen MR) is 103 cm³/mol. The monoisotopic (exact) mass is 377 g/mol. The van der Waals surface area contributed by atoms with Gasteiger partial charge in [-0.05, 0) is 48.2 Å². The topological polar surface area (TPSA) is 89.5 Å². The lowest BCUT2D eigenvalue weighted by atomic mass is 9.99. The van der Waals surface area contributed by atoms with Crippen LogP contribution in [0.2, 0.25) is 0 Å². The van der Waals surface area contributed by atoms with Crippen molar-refractivity contribution in [1.29, 1.82) is 5.26 Å². The first-order valence-corrected chi connectivity index (χ1v) is 8.91. The van der Waals surface area contributed by atoms with Crippen molar-refractivity contribution in [2.45, 2.75) is 26.2 Å². The van der Waals surface area contributed by atoms with Crippen LogP contribution in [0, 0.1) is 11.3 Å². The van der Waals surface area contributed by atoms with E-state index in [2.05, 4.69) is 13.8 Å². The first kappa shape index (κ1) is 19.2. The summed E-state index contributed by atoms with van der Waals surface area (Å²) in [7, 11) is 0. The molecule has 2 aromatic carbocycles. The first-order valence-electron chi connectivity index (χ1n) is 8.91. The van der Waals surface area contributed by atoms with Crippen LogP contribution in [-0.2, 0) is 4.79 Å². The van der Waals surface area contributed by atoms with Gasteiger partial charge in [0.1, 0.15) is 28.7 Å². The van der Waals surface area contributed by atoms with Gasteiger partial charge in [0.25, 0.3) is 0 Å². The fraction of sp³-hybridized carbons (Fsp3) is 0.227. The summed E-state index contributed by atoms with van der Waals surface area (Å²) >= 11 is 0. The van der Waals surface area contributed by atoms with Crippen molar-refractivity contribution in [2.75, 3.05) is 6.61 Å². The molecular formula is C22H19NO5. The van der Waals surface area contributed by atoms with E-state index in [0.717, 1.165) is 6.42 Å². The third-order valence-electron chi connectivity index (χ3n) is 4.48. The average molecular weight is 377 g/mol. The molecule has 28 heavy (non-hydrogen) atoms. The second-order valence-corrected chi connectivity index (χ2v) is 6.40. The van der Waals surface area contributed by atoms with E-state index in [1.54, 1.807) is 30.3 Å². The first-order chi connectivity index (χ1) is 13.5. The van der Waals surface area contributed by atoms with Crippen LogP contribution in [-0.4, -0.2) is 12.6 Å². The SMILES string of the molecule is CCC(C)c1ccc(OC(=O)COc2ccc3cc(C#N)c(=O)oc3c2)cc1. The highest BCUT2D eigenvalue weighted by atomic mass is 16.6. The van der Waals surface area contributed by atoms with E-state index in [4.69, 9.17) is 19.2 Å². The molecule has 142 valence electrons. The van der Waals surface area contributed by atoms with Gasteiger partial charge in [-0.3, -0.25) is 0 Å². The molecule has 0 radical (unpaired) electrons. The van der Waals surface area contributed by atoms with Gasteiger partial charge in [0, 0.05) is 11.5 Å². The minimum absolute atomic E-state index is 0.0657. The number of rotatable bonds is 6. The van der Waals surface area contributed by atoms with Crippen molar-refractivity contribution in [2.24, 2.45) is 0 Å². The summed E-state index contributed by atoms with van der Waals surface area (Å²) in [6, 6.07) is 15.4. The minimum atomic E-state index is -0.715. The van der Waals surface area contributed by atoms with Gasteiger partial charge >= 0.3 is 11.6 Å². The summed E-state index contributed by atoms with van der Waals surface area (Å²) in [5, 5.41) is 9.46. The molecule has 1 heterocycles. The van der Waals surface area contributed by atoms with Gasteiger partial charge in [-0.15, -0.1) is 0 Å². The maximum absolute atomic E-state index is 12.0. The molecule has 0 saturated carbocycles. The lowest BCUT2D eigenvalue weighted by molar-refractivity contribution is -0.136. The molecule has 1 aromatic heterocycles. The Bertz CT molecular complexity index is 1090. The second kappa shape index (κ2) is 8.40. The zero-order valence-electron chi connectivity index (χ0n) is 15.6. The zero-order valence-corrected chi connectivity index (χ0v) is 15.6. The highest BCUT2D eigenvalue weighted by Gasteiger charge is 2.10. The summed E-state index contributed by atoms with van der Waals surface area (Å²) in [6.45, 7) is 3.97. The van der Waals surface area contributed by atoms with E-state index in [0.29, 0.717) is 22.8 Å². The molecule has 1 unspecified atom stereocenters. The largest absolute Gasteiger partial charge is 0.482 e. The normalized spacial score (nSPS) is 11.6. The molecule has 0 N–H and O–H groups in total. The molecule has 3 rings (SSSR count). The molecule has 0 aliphatic heterocycles. The molecular weight excluding hydrogens is 358 g/mol. The fourth-order valence-electron chi connectivity index (χ4n) is 2.66. The second-order valence-electron chi connectivity index (χ2n) is 6.40. The number of fused-ring (bicyclic) bond motifs is 1. The van der Waals surface area contributed by atoms with E-state index < -0.39 is 11.6 Å². The van der Waals surface area contributed by atoms with Crippen LogP contribution >= 0.6 is 0 Å². The van der Waals surface area contributed by atoms with Crippen LogP contribution in [0.1, 0.15) is 37.3 Å². The van der Waals surface area contributed by atoms with Gasteiger partial charge in [-0.25, -0.2) is 9.59 Å². The summed E-state index contributed by atoms with van der Waals surface area (Å²) in [5.74, 6) is 0.710. The van der Waals surface area contributed by atoms with Crippen molar-refractivity contribution in [3.8, 4) is 17.6 Å². The minimum Gasteiger partial charge on any atom is -0.482 e. The number of ether oxygens (including phenoxy) is 2. The van der Waals surface area contributed by atoms with Crippen molar-refractivity contribution in [3.63, 3.8) is 0 Å². The van der Waals surface area contributed by atoms with Crippen molar-refractivity contribution >= 4 is 16.9 Å². The molecule has 0 bridgehead atoms. The molecule has 0 aliphatic carbocycles. The predicted octanol–water partition coefficient (Wildman–Crippen LogP) is 4.16. The third kappa shape index (κ3) is 4.38. The third-order valence-corrected chi connectivity index (χ3v) is 4.48. The van der Waals surface area contributed by atoms with Crippen molar-refractivity contribution in [1.82, 2.24) is 0 Å². The molecule has 3 aromatic rings. The van der Waals surface area contributed by atoms with Gasteiger partial charge < -0.3 is 13.9 Å². The quantitative estimate of drug-likeness (QED) is 0.364. The Balaban J connectivity index is 1.62. The number of benzene rings is 2. The molecule has 6 nitrogen and oxygen atoms in total. The van der Waals surface area contributed by atoms with Gasteiger partial charge in [0.15, 0.2) is 6.61 Å². The van der Waals surface area contributed by atoms with Crippen LogP contribution < -0.4 is 15.1 Å². The number of hydrogen-bond donors (Lipinski definition) is 0. The lowest BCUT2D eigenvalue weighted by Gasteiger charge is -2.10. The molecule has 0 amide bonds. The Morgan fingerprint density at radius 2 is 1.86 bits per heavy atom. The van der Waals surface area contributed by atoms with Gasteiger partial charge in [0.05, 0.1) is 0 Å². The van der Waals surface area contributed by atoms with E-state index in [-0.39, 0.29) is 17.8 Å². The van der Waals surface area contributed by atoms with E-state index in [9.17, 15) is 9.59 Å². The van der Waals surface area contributed by atoms with E-state index in [1.807, 2.05) is 12.1 Å². The van der Waals surface area contributed by atoms with Gasteiger partial charge in [-0.2, -0.15) is 5.26 Å². The van der Waals surface area contributed by atoms with E-state index in [1.165, 1.54) is 17.7 Å². The number of esters is 1. The maximum atomic E-state index is 12.0. The number of carbonyl (C=O) groups is 1. The van der Waals surface area contributed by atoms with Gasteiger partial charge in [-0.1, -0.05) is 26.0 Å². The Morgan fingerprint density at radius 1 is 1.14 bits per heavy atom. The Kier molecular flexibility index (Phi) is 5.75. The lowest BCUT2D eigenvalue weighted by Crippen LogP contribution is -2.17. The Labute approximate surface area is 161 Å². The Morgan fingerprint density at radius 3 is 2.54 bits per heavy atom. The number of carbonyl (C=O) groups excluding carboxylic acids is 1. The smallest absolute Gasteiger partial charge is 0.354 e. The van der Waals surface area contributed by atoms with Crippen LogP contribution in [0.3, 0.4) is 0 Å². The number of hydrogen-bond acceptors (Lipinski definition) is 6. The fourth-order valence-corrected chi connectivity index (χ4v) is 2.66. The molecule has 0 saturated heterocycles. The molecule has 6 heteroatoms. The van der Waals surface area contributed by atoms with Crippen molar-refractivity contribution in [3.05, 3.63) is 70.1 Å². The maximum Gasteiger partial charge on any atom is 0.354 e. The number of nitrogens with zero attached hydrogens (tertiary/aromatic N) is 1. The van der Waals surface area contributed by atoms with Crippen molar-refractivity contribution < 1.29 is 18.7 Å².